The molecule has 1 aliphatic heterocycles. The SMILES string of the molecule is Cc1cc(Nc2ncc(C)c(N3CC(CC#N)(NC(=O)c4ccncc4)C3)n2)sn1. The van der Waals surface area contributed by atoms with Crippen LogP contribution in [0, 0.1) is 25.2 Å². The molecular formula is C20H20N8OS. The van der Waals surface area contributed by atoms with Crippen molar-refractivity contribution in [1.82, 2.24) is 24.6 Å². The maximum atomic E-state index is 12.6. The highest BCUT2D eigenvalue weighted by molar-refractivity contribution is 7.10. The molecule has 0 aliphatic carbocycles. The first-order valence-electron chi connectivity index (χ1n) is 9.36. The zero-order valence-electron chi connectivity index (χ0n) is 16.6. The number of hydrogen-bond acceptors (Lipinski definition) is 9. The number of aryl methyl sites for hydroxylation is 2. The molecule has 10 heteroatoms. The predicted octanol–water partition coefficient (Wildman–Crippen LogP) is 2.59. The van der Waals surface area contributed by atoms with Crippen molar-refractivity contribution < 1.29 is 4.79 Å². The fourth-order valence-corrected chi connectivity index (χ4v) is 4.04. The molecule has 4 heterocycles. The first-order valence-corrected chi connectivity index (χ1v) is 10.1. The lowest BCUT2D eigenvalue weighted by Gasteiger charge is -2.50. The minimum Gasteiger partial charge on any atom is -0.351 e. The van der Waals surface area contributed by atoms with Gasteiger partial charge in [0.15, 0.2) is 0 Å². The monoisotopic (exact) mass is 420 g/mol. The lowest BCUT2D eigenvalue weighted by atomic mass is 9.86. The highest BCUT2D eigenvalue weighted by atomic mass is 32.1. The summed E-state index contributed by atoms with van der Waals surface area (Å²) in [5, 5.41) is 16.4. The molecule has 1 aliphatic rings. The van der Waals surface area contributed by atoms with Crippen molar-refractivity contribution in [3.63, 3.8) is 0 Å². The van der Waals surface area contributed by atoms with Crippen molar-refractivity contribution in [3.05, 3.63) is 53.6 Å². The maximum Gasteiger partial charge on any atom is 0.251 e. The number of hydrogen-bond donors (Lipinski definition) is 2. The molecule has 0 radical (unpaired) electrons. The molecule has 0 bridgehead atoms. The lowest BCUT2D eigenvalue weighted by molar-refractivity contribution is 0.0879. The number of aromatic nitrogens is 4. The van der Waals surface area contributed by atoms with Gasteiger partial charge in [-0.25, -0.2) is 4.98 Å². The van der Waals surface area contributed by atoms with E-state index in [9.17, 15) is 10.1 Å². The minimum atomic E-state index is -0.616. The molecule has 3 aromatic rings. The van der Waals surface area contributed by atoms with Gasteiger partial charge in [0, 0.05) is 42.8 Å². The van der Waals surface area contributed by atoms with E-state index in [0.717, 1.165) is 22.1 Å². The minimum absolute atomic E-state index is 0.213. The van der Waals surface area contributed by atoms with E-state index < -0.39 is 5.54 Å². The van der Waals surface area contributed by atoms with Crippen LogP contribution >= 0.6 is 11.5 Å². The molecule has 2 N–H and O–H groups in total. The van der Waals surface area contributed by atoms with Crippen LogP contribution in [0.1, 0.15) is 28.0 Å². The summed E-state index contributed by atoms with van der Waals surface area (Å²) in [5.74, 6) is 1.05. The van der Waals surface area contributed by atoms with Crippen molar-refractivity contribution in [2.24, 2.45) is 0 Å². The van der Waals surface area contributed by atoms with Crippen LogP contribution in [0.4, 0.5) is 16.8 Å². The zero-order chi connectivity index (χ0) is 21.1. The molecule has 1 saturated heterocycles. The molecule has 30 heavy (non-hydrogen) atoms. The van der Waals surface area contributed by atoms with Crippen molar-refractivity contribution in [3.8, 4) is 6.07 Å². The molecule has 1 fully saturated rings. The van der Waals surface area contributed by atoms with Crippen LogP contribution in [-0.2, 0) is 0 Å². The normalized spacial score (nSPS) is 14.5. The second-order valence-corrected chi connectivity index (χ2v) is 8.12. The van der Waals surface area contributed by atoms with Gasteiger partial charge in [0.05, 0.1) is 23.7 Å². The highest BCUT2D eigenvalue weighted by Crippen LogP contribution is 2.32. The Kier molecular flexibility index (Phi) is 5.29. The van der Waals surface area contributed by atoms with Crippen molar-refractivity contribution in [2.75, 3.05) is 23.3 Å². The van der Waals surface area contributed by atoms with Crippen molar-refractivity contribution >= 4 is 34.2 Å². The Balaban J connectivity index is 1.48. The Morgan fingerprint density at radius 2 is 2.10 bits per heavy atom. The fourth-order valence-electron chi connectivity index (χ4n) is 3.38. The Bertz CT molecular complexity index is 1100. The summed E-state index contributed by atoms with van der Waals surface area (Å²) in [6, 6.07) is 7.43. The van der Waals surface area contributed by atoms with E-state index in [0.29, 0.717) is 24.6 Å². The second kappa shape index (κ2) is 8.04. The summed E-state index contributed by atoms with van der Waals surface area (Å²) in [6.07, 6.45) is 5.12. The second-order valence-electron chi connectivity index (χ2n) is 7.32. The number of carbonyl (C=O) groups is 1. The summed E-state index contributed by atoms with van der Waals surface area (Å²) in [7, 11) is 0. The third kappa shape index (κ3) is 4.06. The molecule has 3 aromatic heterocycles. The molecule has 1 amide bonds. The molecule has 0 atom stereocenters. The third-order valence-electron chi connectivity index (χ3n) is 4.83. The standard InChI is InChI=1S/C20H20N8OS/c1-13-10-23-19(24-16-9-14(2)27-30-16)25-17(13)28-11-20(12-28,5-6-21)26-18(29)15-3-7-22-8-4-15/h3-4,7-10H,5,11-12H2,1-2H3,(H,26,29)(H,23,24,25). The highest BCUT2D eigenvalue weighted by Gasteiger charge is 2.45. The van der Waals surface area contributed by atoms with Gasteiger partial charge in [0.1, 0.15) is 10.8 Å². The summed E-state index contributed by atoms with van der Waals surface area (Å²) in [6.45, 7) is 4.86. The van der Waals surface area contributed by atoms with Crippen molar-refractivity contribution in [2.45, 2.75) is 25.8 Å². The molecule has 0 aromatic carbocycles. The smallest absolute Gasteiger partial charge is 0.251 e. The van der Waals surface area contributed by atoms with Gasteiger partial charge in [-0.15, -0.1) is 0 Å². The Morgan fingerprint density at radius 1 is 1.33 bits per heavy atom. The molecular weight excluding hydrogens is 400 g/mol. The fraction of sp³-hybridized carbons (Fsp3) is 0.300. The molecule has 0 saturated carbocycles. The van der Waals surface area contributed by atoms with Gasteiger partial charge < -0.3 is 15.5 Å². The lowest BCUT2D eigenvalue weighted by Crippen LogP contribution is -2.70. The summed E-state index contributed by atoms with van der Waals surface area (Å²) >= 11 is 1.35. The average Bonchev–Trinajstić information content (AvgIpc) is 3.12. The predicted molar refractivity (Wildman–Crippen MR) is 114 cm³/mol. The first kappa shape index (κ1) is 19.7. The van der Waals surface area contributed by atoms with Gasteiger partial charge in [-0.05, 0) is 43.6 Å². The van der Waals surface area contributed by atoms with E-state index in [2.05, 4.69) is 36.0 Å². The van der Waals surface area contributed by atoms with Crippen LogP contribution in [0.25, 0.3) is 0 Å². The van der Waals surface area contributed by atoms with Crippen LogP contribution in [0.3, 0.4) is 0 Å². The molecule has 0 unspecified atom stereocenters. The van der Waals surface area contributed by atoms with Crippen LogP contribution < -0.4 is 15.5 Å². The Labute approximate surface area is 178 Å². The van der Waals surface area contributed by atoms with Gasteiger partial charge in [-0.3, -0.25) is 9.78 Å². The van der Waals surface area contributed by atoms with Crippen LogP contribution in [0.15, 0.2) is 36.8 Å². The summed E-state index contributed by atoms with van der Waals surface area (Å²) in [4.78, 5) is 27.6. The summed E-state index contributed by atoms with van der Waals surface area (Å²) < 4.78 is 4.25. The number of anilines is 3. The Morgan fingerprint density at radius 3 is 2.77 bits per heavy atom. The largest absolute Gasteiger partial charge is 0.351 e. The average molecular weight is 421 g/mol. The van der Waals surface area contributed by atoms with Gasteiger partial charge in [-0.2, -0.15) is 14.6 Å². The topological polar surface area (TPSA) is 120 Å². The number of nitriles is 1. The van der Waals surface area contributed by atoms with E-state index in [-0.39, 0.29) is 12.3 Å². The third-order valence-corrected chi connectivity index (χ3v) is 5.63. The van der Waals surface area contributed by atoms with Gasteiger partial charge in [-0.1, -0.05) is 0 Å². The van der Waals surface area contributed by atoms with Crippen LogP contribution in [-0.4, -0.2) is 43.9 Å². The number of nitrogens with zero attached hydrogens (tertiary/aromatic N) is 6. The van der Waals surface area contributed by atoms with E-state index in [1.54, 1.807) is 30.7 Å². The molecule has 4 rings (SSSR count). The number of rotatable bonds is 6. The number of nitrogens with one attached hydrogen (secondary N) is 2. The van der Waals surface area contributed by atoms with E-state index >= 15 is 0 Å². The Hall–Kier alpha value is -3.58. The van der Waals surface area contributed by atoms with Crippen LogP contribution in [0.5, 0.6) is 0 Å². The van der Waals surface area contributed by atoms with Crippen molar-refractivity contribution in [1.29, 1.82) is 5.26 Å². The molecule has 152 valence electrons. The van der Waals surface area contributed by atoms with Crippen LogP contribution in [0.2, 0.25) is 0 Å². The molecule has 9 nitrogen and oxygen atoms in total. The molecule has 0 spiro atoms. The maximum absolute atomic E-state index is 12.6. The number of carbonyl (C=O) groups excluding carboxylic acids is 1. The quantitative estimate of drug-likeness (QED) is 0.624. The van der Waals surface area contributed by atoms with Gasteiger partial charge >= 0.3 is 0 Å². The van der Waals surface area contributed by atoms with Gasteiger partial charge in [0.25, 0.3) is 5.91 Å². The first-order chi connectivity index (χ1) is 14.5. The van der Waals surface area contributed by atoms with E-state index in [4.69, 9.17) is 0 Å². The zero-order valence-corrected chi connectivity index (χ0v) is 17.4. The van der Waals surface area contributed by atoms with E-state index in [1.807, 2.05) is 24.8 Å². The number of pyridine rings is 1. The van der Waals surface area contributed by atoms with E-state index in [1.165, 1.54) is 11.5 Å². The summed E-state index contributed by atoms with van der Waals surface area (Å²) in [5.41, 5.74) is 1.76. The number of amides is 1. The van der Waals surface area contributed by atoms with Gasteiger partial charge in [0.2, 0.25) is 5.95 Å².